The summed E-state index contributed by atoms with van der Waals surface area (Å²) in [5.41, 5.74) is 5.42. The van der Waals surface area contributed by atoms with Crippen LogP contribution in [0.5, 0.6) is 0 Å². The van der Waals surface area contributed by atoms with E-state index in [2.05, 4.69) is 0 Å². The number of nitrogens with zero attached hydrogens (tertiary/aromatic N) is 1. The van der Waals surface area contributed by atoms with Crippen molar-refractivity contribution in [3.05, 3.63) is 0 Å². The van der Waals surface area contributed by atoms with E-state index in [0.717, 1.165) is 0 Å². The molecule has 3 nitrogen and oxygen atoms in total. The molecule has 8 heavy (non-hydrogen) atoms. The van der Waals surface area contributed by atoms with E-state index in [1.165, 1.54) is 18.9 Å². The summed E-state index contributed by atoms with van der Waals surface area (Å²) in [5.74, 6) is 0. The van der Waals surface area contributed by atoms with Crippen molar-refractivity contribution < 1.29 is 5.52 Å². The minimum Gasteiger partial charge on any atom is -0.303 e. The summed E-state index contributed by atoms with van der Waals surface area (Å²) in [5, 5.41) is 0.611. The molecule has 3 atom stereocenters. The zero-order chi connectivity index (χ0) is 9.73. The molecular weight excluding hydrogens is 102 g/mol. The highest BCUT2D eigenvalue weighted by Gasteiger charge is 2.22. The Morgan fingerprint density at radius 1 is 2.25 bits per heavy atom. The van der Waals surface area contributed by atoms with Crippen LogP contribution in [0.3, 0.4) is 0 Å². The smallest absolute Gasteiger partial charge is 0.125 e. The summed E-state index contributed by atoms with van der Waals surface area (Å²) in [6.45, 7) is 0.347. The lowest BCUT2D eigenvalue weighted by atomic mass is 10.3. The number of hydrogen-bond acceptors (Lipinski definition) is 3. The monoisotopic (exact) mass is 119 g/mol. The van der Waals surface area contributed by atoms with Gasteiger partial charge in [0.1, 0.15) is 7.68 Å². The third-order valence-corrected chi connectivity index (χ3v) is 1.26. The van der Waals surface area contributed by atoms with Crippen molar-refractivity contribution in [2.75, 3.05) is 13.6 Å². The quantitative estimate of drug-likeness (QED) is 0.436. The normalized spacial score (nSPS) is 78.1. The highest BCUT2D eigenvalue weighted by Crippen LogP contribution is 2.01. The lowest BCUT2D eigenvalue weighted by Crippen LogP contribution is -2.42. The number of nitrogens with two attached hydrogens (primary N) is 1. The van der Waals surface area contributed by atoms with Crippen LogP contribution in [-0.2, 0) is 0 Å². The molecule has 0 spiro atoms. The van der Waals surface area contributed by atoms with E-state index in [0.29, 0.717) is 5.31 Å². The zero-order valence-corrected chi connectivity index (χ0v) is 5.05. The molecule has 1 aliphatic rings. The van der Waals surface area contributed by atoms with Crippen LogP contribution in [0.4, 0.5) is 0 Å². The summed E-state index contributed by atoms with van der Waals surface area (Å²) in [6, 6.07) is -1.31. The largest absolute Gasteiger partial charge is 0.303 e. The molecule has 0 saturated carbocycles. The summed E-state index contributed by atoms with van der Waals surface area (Å²) >= 11 is 0. The van der Waals surface area contributed by atoms with E-state index in [4.69, 9.17) is 11.3 Å². The molecule has 0 radical (unpaired) electrons. The van der Waals surface area contributed by atoms with Crippen LogP contribution < -0.4 is 11.0 Å². The maximum absolute atomic E-state index is 7.66. The van der Waals surface area contributed by atoms with Crippen molar-refractivity contribution in [3.8, 4) is 0 Å². The maximum atomic E-state index is 7.66. The lowest BCUT2D eigenvalue weighted by molar-refractivity contribution is 0.252. The second-order valence-corrected chi connectivity index (χ2v) is 1.82. The lowest BCUT2D eigenvalue weighted by Gasteiger charge is -2.17. The van der Waals surface area contributed by atoms with Gasteiger partial charge in [-0.1, -0.05) is 0 Å². The SMILES string of the molecule is [2H]C1N([2H])C([2H])(N)N(C)C1([2H])C. The van der Waals surface area contributed by atoms with Crippen LogP contribution in [0, 0.1) is 0 Å². The Morgan fingerprint density at radius 2 is 2.88 bits per heavy atom. The maximum Gasteiger partial charge on any atom is 0.125 e. The van der Waals surface area contributed by atoms with Crippen LogP contribution in [0.25, 0.3) is 0 Å². The molecule has 0 aromatic rings. The fourth-order valence-electron chi connectivity index (χ4n) is 0.513. The summed E-state index contributed by atoms with van der Waals surface area (Å²) in [4.78, 5) is 1.19. The molecule has 3 N–H and O–H groups in total. The predicted molar refractivity (Wildman–Crippen MR) is 33.2 cm³/mol. The van der Waals surface area contributed by atoms with Gasteiger partial charge in [0.25, 0.3) is 0 Å². The van der Waals surface area contributed by atoms with Gasteiger partial charge >= 0.3 is 0 Å². The fourth-order valence-corrected chi connectivity index (χ4v) is 0.513. The first-order chi connectivity index (χ1) is 5.22. The van der Waals surface area contributed by atoms with Crippen molar-refractivity contribution in [1.82, 2.24) is 10.2 Å². The second-order valence-electron chi connectivity index (χ2n) is 1.82. The zero-order valence-electron chi connectivity index (χ0n) is 9.05. The Morgan fingerprint density at radius 3 is 3.00 bits per heavy atom. The van der Waals surface area contributed by atoms with Crippen molar-refractivity contribution in [1.29, 1.82) is 0 Å². The van der Waals surface area contributed by atoms with Crippen molar-refractivity contribution in [3.63, 3.8) is 0 Å². The van der Waals surface area contributed by atoms with Crippen molar-refractivity contribution in [2.24, 2.45) is 5.73 Å². The van der Waals surface area contributed by atoms with Crippen LogP contribution in [0.15, 0.2) is 0 Å². The van der Waals surface area contributed by atoms with Gasteiger partial charge in [-0.3, -0.25) is 10.2 Å². The van der Waals surface area contributed by atoms with E-state index < -0.39 is 18.8 Å². The summed E-state index contributed by atoms with van der Waals surface area (Å²) in [6.07, 6.45) is -1.77. The Hall–Kier alpha value is -0.120. The first kappa shape index (κ1) is 2.64. The van der Waals surface area contributed by atoms with E-state index in [1.54, 1.807) is 0 Å². The standard InChI is InChI=1S/C5H13N3/c1-4-3-7-5(6)8(4)2/h4-5,7H,3,6H2,1-2H3/i3D,4D,5D/hD. The van der Waals surface area contributed by atoms with E-state index in [1.807, 2.05) is 0 Å². The molecule has 1 rings (SSSR count). The highest BCUT2D eigenvalue weighted by atomic mass is 15.4. The topological polar surface area (TPSA) is 41.3 Å². The van der Waals surface area contributed by atoms with Crippen LogP contribution in [-0.4, -0.2) is 30.8 Å². The first-order valence-corrected chi connectivity index (χ1v) is 2.45. The molecule has 1 heterocycles. The Labute approximate surface area is 55.5 Å². The molecule has 0 aliphatic carbocycles. The molecular formula is C5H13N3. The molecule has 48 valence electrons. The van der Waals surface area contributed by atoms with E-state index in [9.17, 15) is 0 Å². The van der Waals surface area contributed by atoms with Crippen LogP contribution in [0.1, 0.15) is 11.0 Å². The Kier molecular flexibility index (Phi) is 0.664. The Balaban J connectivity index is 3.03. The van der Waals surface area contributed by atoms with Gasteiger partial charge in [-0.25, -0.2) is 0 Å². The minimum atomic E-state index is -1.77. The van der Waals surface area contributed by atoms with E-state index in [-0.39, 0.29) is 0 Å². The summed E-state index contributed by atoms with van der Waals surface area (Å²) < 4.78 is 29.9. The van der Waals surface area contributed by atoms with E-state index >= 15 is 0 Å². The molecule has 1 fully saturated rings. The molecule has 1 saturated heterocycles. The minimum absolute atomic E-state index is 0.611. The average molecular weight is 119 g/mol. The molecule has 0 bridgehead atoms. The van der Waals surface area contributed by atoms with Gasteiger partial charge in [0.2, 0.25) is 0 Å². The summed E-state index contributed by atoms with van der Waals surface area (Å²) in [7, 11) is 1.47. The molecule has 3 unspecified atom stereocenters. The van der Waals surface area contributed by atoms with Crippen LogP contribution >= 0.6 is 0 Å². The van der Waals surface area contributed by atoms with Gasteiger partial charge in [0.15, 0.2) is 0 Å². The third-order valence-electron chi connectivity index (χ3n) is 1.26. The second kappa shape index (κ2) is 2.01. The molecule has 0 amide bonds. The molecule has 0 aromatic carbocycles. The Bertz CT molecular complexity index is 175. The third kappa shape index (κ3) is 0.844. The molecule has 0 aromatic heterocycles. The van der Waals surface area contributed by atoms with Gasteiger partial charge < -0.3 is 5.73 Å². The van der Waals surface area contributed by atoms with Gasteiger partial charge in [0.05, 0.1) is 1.37 Å². The first-order valence-electron chi connectivity index (χ1n) is 4.48. The van der Waals surface area contributed by atoms with Crippen LogP contribution in [0.2, 0.25) is 1.41 Å². The number of rotatable bonds is 0. The predicted octanol–water partition coefficient (Wildman–Crippen LogP) is -0.848. The fraction of sp³-hybridized carbons (Fsp3) is 1.00. The number of hydrogen-bond donors (Lipinski definition) is 2. The number of likely N-dealkylation sites (N-methyl/N-ethyl adjacent to an activating group) is 1. The number of nitrogens with one attached hydrogen (secondary N) is 1. The van der Waals surface area contributed by atoms with Gasteiger partial charge in [-0.05, 0) is 14.0 Å². The van der Waals surface area contributed by atoms with Crippen molar-refractivity contribution in [2.45, 2.75) is 19.2 Å². The van der Waals surface area contributed by atoms with Gasteiger partial charge in [0, 0.05) is 15.3 Å². The highest BCUT2D eigenvalue weighted by molar-refractivity contribution is 4.77. The average Bonchev–Trinajstić information content (AvgIpc) is 2.06. The molecule has 3 heteroatoms. The van der Waals surface area contributed by atoms with Gasteiger partial charge in [-0.15, -0.1) is 0 Å². The molecule has 1 aliphatic heterocycles. The van der Waals surface area contributed by atoms with Gasteiger partial charge in [-0.2, -0.15) is 0 Å². The van der Waals surface area contributed by atoms with Crippen molar-refractivity contribution >= 4 is 0 Å².